The Kier molecular flexibility index (Phi) is 5.85. The van der Waals surface area contributed by atoms with Crippen LogP contribution < -0.4 is 5.32 Å². The van der Waals surface area contributed by atoms with E-state index < -0.39 is 15.8 Å². The minimum atomic E-state index is -3.62. The van der Waals surface area contributed by atoms with Crippen molar-refractivity contribution in [1.29, 1.82) is 0 Å². The highest BCUT2D eigenvalue weighted by molar-refractivity contribution is 7.89. The molecule has 0 spiro atoms. The van der Waals surface area contributed by atoms with E-state index >= 15 is 0 Å². The summed E-state index contributed by atoms with van der Waals surface area (Å²) in [5, 5.41) is 13.3. The molecule has 1 saturated heterocycles. The molecule has 1 fully saturated rings. The number of amides is 1. The van der Waals surface area contributed by atoms with Crippen LogP contribution in [0.3, 0.4) is 0 Å². The lowest BCUT2D eigenvalue weighted by Gasteiger charge is -2.33. The van der Waals surface area contributed by atoms with Gasteiger partial charge in [0.1, 0.15) is 17.3 Å². The first-order chi connectivity index (χ1) is 14.8. The highest BCUT2D eigenvalue weighted by atomic mass is 32.2. The van der Waals surface area contributed by atoms with Gasteiger partial charge in [0, 0.05) is 32.2 Å². The quantitative estimate of drug-likeness (QED) is 0.582. The molecule has 1 aliphatic rings. The molecule has 3 heterocycles. The zero-order chi connectivity index (χ0) is 22.0. The molecule has 0 aliphatic carbocycles. The van der Waals surface area contributed by atoms with Crippen LogP contribution in [-0.2, 0) is 14.8 Å². The number of H-pyrrole nitrogens is 1. The van der Waals surface area contributed by atoms with Crippen LogP contribution in [0.2, 0.25) is 0 Å². The number of anilines is 1. The molecule has 0 radical (unpaired) electrons. The molecule has 1 amide bonds. The number of nitrogens with zero attached hydrogens (tertiary/aromatic N) is 5. The molecule has 0 unspecified atom stereocenters. The molecule has 3 aromatic rings. The Morgan fingerprint density at radius 3 is 2.61 bits per heavy atom. The van der Waals surface area contributed by atoms with Crippen LogP contribution in [0.25, 0.3) is 5.69 Å². The number of aromatic amines is 1. The van der Waals surface area contributed by atoms with Crippen molar-refractivity contribution in [2.75, 3.05) is 38.0 Å². The molecule has 31 heavy (non-hydrogen) atoms. The number of rotatable bonds is 6. The second-order valence-electron chi connectivity index (χ2n) is 7.18. The van der Waals surface area contributed by atoms with Crippen LogP contribution in [0.5, 0.6) is 0 Å². The van der Waals surface area contributed by atoms with Gasteiger partial charge in [-0.15, -0.1) is 0 Å². The second kappa shape index (κ2) is 8.57. The van der Waals surface area contributed by atoms with E-state index in [2.05, 4.69) is 20.6 Å². The monoisotopic (exact) mass is 447 g/mol. The first kappa shape index (κ1) is 21.2. The SMILES string of the molecule is Cc1cc(NC(=O)CN2CCN(S(=O)(=O)c3ccn[nH]3)CC2)n(-c2ccccc2F)n1. The summed E-state index contributed by atoms with van der Waals surface area (Å²) in [4.78, 5) is 14.5. The van der Waals surface area contributed by atoms with Gasteiger partial charge >= 0.3 is 0 Å². The van der Waals surface area contributed by atoms with Gasteiger partial charge in [0.2, 0.25) is 5.91 Å². The largest absolute Gasteiger partial charge is 0.309 e. The number of benzene rings is 1. The number of carbonyl (C=O) groups is 1. The lowest BCUT2D eigenvalue weighted by atomic mass is 10.3. The van der Waals surface area contributed by atoms with Gasteiger partial charge in [0.15, 0.2) is 5.03 Å². The maximum Gasteiger partial charge on any atom is 0.260 e. The number of hydrogen-bond acceptors (Lipinski definition) is 6. The molecule has 12 heteroatoms. The number of aromatic nitrogens is 4. The van der Waals surface area contributed by atoms with Gasteiger partial charge in [0.05, 0.1) is 18.4 Å². The summed E-state index contributed by atoms with van der Waals surface area (Å²) in [6.45, 7) is 3.19. The maximum absolute atomic E-state index is 14.2. The highest BCUT2D eigenvalue weighted by Crippen LogP contribution is 2.20. The van der Waals surface area contributed by atoms with Gasteiger partial charge in [-0.05, 0) is 25.1 Å². The zero-order valence-electron chi connectivity index (χ0n) is 16.8. The topological polar surface area (TPSA) is 116 Å². The van der Waals surface area contributed by atoms with Crippen LogP contribution in [0, 0.1) is 12.7 Å². The van der Waals surface area contributed by atoms with Gasteiger partial charge < -0.3 is 5.32 Å². The van der Waals surface area contributed by atoms with Gasteiger partial charge in [-0.2, -0.15) is 14.5 Å². The zero-order valence-corrected chi connectivity index (χ0v) is 17.6. The van der Waals surface area contributed by atoms with Gasteiger partial charge in [-0.3, -0.25) is 14.8 Å². The Morgan fingerprint density at radius 1 is 1.19 bits per heavy atom. The first-order valence-electron chi connectivity index (χ1n) is 9.68. The number of nitrogens with one attached hydrogen (secondary N) is 2. The summed E-state index contributed by atoms with van der Waals surface area (Å²) in [6, 6.07) is 9.26. The van der Waals surface area contributed by atoms with Crippen molar-refractivity contribution in [3.05, 3.63) is 54.1 Å². The molecular formula is C19H22FN7O3S. The summed E-state index contributed by atoms with van der Waals surface area (Å²) >= 11 is 0. The van der Waals surface area contributed by atoms with E-state index in [1.807, 2.05) is 4.90 Å². The van der Waals surface area contributed by atoms with Crippen molar-refractivity contribution in [1.82, 2.24) is 29.2 Å². The number of para-hydroxylation sites is 1. The van der Waals surface area contributed by atoms with Gasteiger partial charge in [-0.25, -0.2) is 17.5 Å². The second-order valence-corrected chi connectivity index (χ2v) is 9.09. The fraction of sp³-hybridized carbons (Fsp3) is 0.316. The van der Waals surface area contributed by atoms with Crippen molar-refractivity contribution < 1.29 is 17.6 Å². The van der Waals surface area contributed by atoms with Gasteiger partial charge in [-0.1, -0.05) is 12.1 Å². The van der Waals surface area contributed by atoms with E-state index in [0.29, 0.717) is 24.6 Å². The van der Waals surface area contributed by atoms with E-state index in [9.17, 15) is 17.6 Å². The number of sulfonamides is 1. The molecule has 164 valence electrons. The minimum absolute atomic E-state index is 0.0514. The summed E-state index contributed by atoms with van der Waals surface area (Å²) in [6.07, 6.45) is 1.39. The van der Waals surface area contributed by atoms with E-state index in [1.54, 1.807) is 31.2 Å². The molecule has 2 aromatic heterocycles. The summed E-state index contributed by atoms with van der Waals surface area (Å²) < 4.78 is 42.0. The third-order valence-electron chi connectivity index (χ3n) is 4.97. The molecule has 10 nitrogen and oxygen atoms in total. The number of carbonyl (C=O) groups excluding carboxylic acids is 1. The van der Waals surface area contributed by atoms with E-state index in [-0.39, 0.29) is 36.3 Å². The van der Waals surface area contributed by atoms with Crippen molar-refractivity contribution in [3.8, 4) is 5.69 Å². The van der Waals surface area contributed by atoms with E-state index in [0.717, 1.165) is 0 Å². The summed E-state index contributed by atoms with van der Waals surface area (Å²) in [5.74, 6) is -0.369. The van der Waals surface area contributed by atoms with Gasteiger partial charge in [0.25, 0.3) is 10.0 Å². The molecule has 0 bridgehead atoms. The van der Waals surface area contributed by atoms with E-state index in [4.69, 9.17) is 0 Å². The number of halogens is 1. The van der Waals surface area contributed by atoms with Crippen LogP contribution in [0.15, 0.2) is 47.6 Å². The maximum atomic E-state index is 14.2. The minimum Gasteiger partial charge on any atom is -0.309 e. The van der Waals surface area contributed by atoms with Crippen LogP contribution >= 0.6 is 0 Å². The third kappa shape index (κ3) is 4.50. The fourth-order valence-corrected chi connectivity index (χ4v) is 4.76. The molecule has 4 rings (SSSR count). The molecule has 1 aliphatic heterocycles. The van der Waals surface area contributed by atoms with Crippen molar-refractivity contribution >= 4 is 21.7 Å². The average Bonchev–Trinajstić information content (AvgIpc) is 3.39. The van der Waals surface area contributed by atoms with Crippen molar-refractivity contribution in [2.45, 2.75) is 11.9 Å². The Labute approximate surface area is 178 Å². The molecule has 0 atom stereocenters. The molecular weight excluding hydrogens is 425 g/mol. The number of aryl methyl sites for hydroxylation is 1. The Balaban J connectivity index is 1.37. The number of piperazine rings is 1. The Morgan fingerprint density at radius 2 is 1.94 bits per heavy atom. The van der Waals surface area contributed by atoms with Crippen molar-refractivity contribution in [2.24, 2.45) is 0 Å². The molecule has 1 aromatic carbocycles. The Bertz CT molecular complexity index is 1170. The van der Waals surface area contributed by atoms with Crippen LogP contribution in [-0.4, -0.2) is 76.2 Å². The summed E-state index contributed by atoms with van der Waals surface area (Å²) in [7, 11) is -3.62. The highest BCUT2D eigenvalue weighted by Gasteiger charge is 2.30. The predicted molar refractivity (Wildman–Crippen MR) is 111 cm³/mol. The molecule has 0 saturated carbocycles. The lowest BCUT2D eigenvalue weighted by Crippen LogP contribution is -2.50. The predicted octanol–water partition coefficient (Wildman–Crippen LogP) is 0.988. The standard InChI is InChI=1S/C19H22FN7O3S/c1-14-12-17(27(24-14)16-5-3-2-4-15(16)20)22-18(28)13-25-8-10-26(11-9-25)31(29,30)19-6-7-21-23-19/h2-7,12H,8-11,13H2,1H3,(H,21,23)(H,22,28). The smallest absolute Gasteiger partial charge is 0.260 e. The third-order valence-corrected chi connectivity index (χ3v) is 6.80. The van der Waals surface area contributed by atoms with Crippen molar-refractivity contribution in [3.63, 3.8) is 0 Å². The number of hydrogen-bond donors (Lipinski definition) is 2. The molecule has 2 N–H and O–H groups in total. The van der Waals surface area contributed by atoms with Crippen LogP contribution in [0.4, 0.5) is 10.2 Å². The Hall–Kier alpha value is -3.09. The normalized spacial score (nSPS) is 15.8. The summed E-state index contributed by atoms with van der Waals surface area (Å²) in [5.41, 5.74) is 0.875. The first-order valence-corrected chi connectivity index (χ1v) is 11.1. The fourth-order valence-electron chi connectivity index (χ4n) is 3.43. The van der Waals surface area contributed by atoms with E-state index in [1.165, 1.54) is 27.3 Å². The average molecular weight is 447 g/mol. The lowest BCUT2D eigenvalue weighted by molar-refractivity contribution is -0.117. The van der Waals surface area contributed by atoms with Crippen LogP contribution in [0.1, 0.15) is 5.69 Å².